The number of piperidine rings is 2. The van der Waals surface area contributed by atoms with Crippen LogP contribution in [0.3, 0.4) is 0 Å². The van der Waals surface area contributed by atoms with Crippen molar-refractivity contribution in [1.82, 2.24) is 9.80 Å². The molecule has 0 unspecified atom stereocenters. The first kappa shape index (κ1) is 26.1. The summed E-state index contributed by atoms with van der Waals surface area (Å²) in [5.41, 5.74) is 0. The zero-order chi connectivity index (χ0) is 22.3. The molecule has 180 valence electrons. The Morgan fingerprint density at radius 1 is 0.710 bits per heavy atom. The summed E-state index contributed by atoms with van der Waals surface area (Å²) in [6, 6.07) is 0. The first-order valence-electron chi connectivity index (χ1n) is 12.9. The van der Waals surface area contributed by atoms with Gasteiger partial charge in [-0.05, 0) is 76.5 Å². The molecule has 0 saturated carbocycles. The smallest absolute Gasteiger partial charge is 0.307 e. The van der Waals surface area contributed by atoms with Gasteiger partial charge in [-0.2, -0.15) is 0 Å². The summed E-state index contributed by atoms with van der Waals surface area (Å²) in [5, 5.41) is 0. The van der Waals surface area contributed by atoms with Crippen molar-refractivity contribution in [2.24, 2.45) is 11.8 Å². The molecule has 0 atom stereocenters. The van der Waals surface area contributed by atoms with Gasteiger partial charge >= 0.3 is 11.9 Å². The molecule has 0 spiro atoms. The minimum atomic E-state index is -0.0496. The van der Waals surface area contributed by atoms with E-state index in [1.807, 2.05) is 13.8 Å². The summed E-state index contributed by atoms with van der Waals surface area (Å²) >= 11 is 0. The van der Waals surface area contributed by atoms with Crippen LogP contribution in [0.5, 0.6) is 0 Å². The highest BCUT2D eigenvalue weighted by molar-refractivity contribution is 5.69. The third-order valence-corrected chi connectivity index (χ3v) is 6.84. The predicted octanol–water partition coefficient (Wildman–Crippen LogP) is 4.27. The molecular weight excluding hydrogens is 392 g/mol. The molecule has 2 aliphatic heterocycles. The van der Waals surface area contributed by atoms with Crippen molar-refractivity contribution in [3.8, 4) is 0 Å². The molecule has 2 heterocycles. The second kappa shape index (κ2) is 15.6. The highest BCUT2D eigenvalue weighted by atomic mass is 16.5. The largest absolute Gasteiger partial charge is 0.466 e. The molecule has 2 fully saturated rings. The number of esters is 2. The number of hydrogen-bond donors (Lipinski definition) is 0. The molecule has 2 aliphatic rings. The van der Waals surface area contributed by atoms with Gasteiger partial charge in [0.1, 0.15) is 0 Å². The third kappa shape index (κ3) is 11.3. The summed E-state index contributed by atoms with van der Waals surface area (Å²) in [4.78, 5) is 28.2. The molecule has 0 aromatic rings. The van der Waals surface area contributed by atoms with Gasteiger partial charge in [0, 0.05) is 13.1 Å². The molecule has 0 N–H and O–H groups in total. The Labute approximate surface area is 190 Å². The molecule has 0 aromatic carbocycles. The maximum atomic E-state index is 11.7. The quantitative estimate of drug-likeness (QED) is 0.378. The molecular formula is C25H46N2O4. The summed E-state index contributed by atoms with van der Waals surface area (Å²) in [6.07, 6.45) is 12.0. The monoisotopic (exact) mass is 438 g/mol. The van der Waals surface area contributed by atoms with Crippen molar-refractivity contribution in [1.29, 1.82) is 0 Å². The highest BCUT2D eigenvalue weighted by Gasteiger charge is 2.22. The lowest BCUT2D eigenvalue weighted by Crippen LogP contribution is -2.36. The van der Waals surface area contributed by atoms with Gasteiger partial charge in [-0.1, -0.05) is 33.1 Å². The molecule has 6 nitrogen and oxygen atoms in total. The Kier molecular flexibility index (Phi) is 13.2. The predicted molar refractivity (Wildman–Crippen MR) is 124 cm³/mol. The molecule has 2 rings (SSSR count). The Morgan fingerprint density at radius 2 is 1.10 bits per heavy atom. The van der Waals surface area contributed by atoms with E-state index in [2.05, 4.69) is 9.80 Å². The first-order valence-corrected chi connectivity index (χ1v) is 12.9. The number of likely N-dealkylation sites (tertiary alicyclic amines) is 2. The third-order valence-electron chi connectivity index (χ3n) is 6.84. The number of carbonyl (C=O) groups is 2. The van der Waals surface area contributed by atoms with Crippen LogP contribution in [0.15, 0.2) is 0 Å². The SMILES string of the molecule is CCCOC(=O)CCN1CCC(CCCC2CCN(CCC(=O)OCCC)CC2)CC1. The number of hydrogen-bond acceptors (Lipinski definition) is 6. The van der Waals surface area contributed by atoms with Gasteiger partial charge in [0.25, 0.3) is 0 Å². The van der Waals surface area contributed by atoms with Crippen LogP contribution in [-0.2, 0) is 19.1 Å². The Hall–Kier alpha value is -1.14. The average Bonchev–Trinajstić information content (AvgIpc) is 2.80. The molecule has 0 radical (unpaired) electrons. The summed E-state index contributed by atoms with van der Waals surface area (Å²) in [6.45, 7) is 11.4. The van der Waals surface area contributed by atoms with Gasteiger partial charge in [0.15, 0.2) is 0 Å². The molecule has 2 saturated heterocycles. The van der Waals surface area contributed by atoms with E-state index >= 15 is 0 Å². The zero-order valence-electron chi connectivity index (χ0n) is 20.1. The number of nitrogens with zero attached hydrogens (tertiary/aromatic N) is 2. The van der Waals surface area contributed by atoms with Crippen LogP contribution >= 0.6 is 0 Å². The lowest BCUT2D eigenvalue weighted by atomic mass is 9.87. The summed E-state index contributed by atoms with van der Waals surface area (Å²) in [7, 11) is 0. The van der Waals surface area contributed by atoms with Crippen LogP contribution in [0.4, 0.5) is 0 Å². The lowest BCUT2D eigenvalue weighted by Gasteiger charge is -2.33. The Bertz CT molecular complexity index is 454. The second-order valence-electron chi connectivity index (χ2n) is 9.44. The van der Waals surface area contributed by atoms with E-state index in [9.17, 15) is 9.59 Å². The molecule has 0 bridgehead atoms. The first-order chi connectivity index (χ1) is 15.1. The van der Waals surface area contributed by atoms with Crippen molar-refractivity contribution >= 4 is 11.9 Å². The second-order valence-corrected chi connectivity index (χ2v) is 9.44. The number of rotatable bonds is 14. The minimum Gasteiger partial charge on any atom is -0.466 e. The fourth-order valence-corrected chi connectivity index (χ4v) is 4.77. The number of ether oxygens (including phenoxy) is 2. The topological polar surface area (TPSA) is 59.1 Å². The van der Waals surface area contributed by atoms with E-state index in [4.69, 9.17) is 9.47 Å². The normalized spacial score (nSPS) is 19.4. The van der Waals surface area contributed by atoms with Crippen LogP contribution < -0.4 is 0 Å². The minimum absolute atomic E-state index is 0.0496. The van der Waals surface area contributed by atoms with Gasteiger partial charge in [0.2, 0.25) is 0 Å². The van der Waals surface area contributed by atoms with Crippen molar-refractivity contribution in [3.05, 3.63) is 0 Å². The van der Waals surface area contributed by atoms with Gasteiger partial charge in [-0.3, -0.25) is 9.59 Å². The fourth-order valence-electron chi connectivity index (χ4n) is 4.77. The van der Waals surface area contributed by atoms with E-state index in [1.165, 1.54) is 44.9 Å². The highest BCUT2D eigenvalue weighted by Crippen LogP contribution is 2.27. The zero-order valence-corrected chi connectivity index (χ0v) is 20.1. The maximum Gasteiger partial charge on any atom is 0.307 e. The summed E-state index contributed by atoms with van der Waals surface area (Å²) < 4.78 is 10.3. The van der Waals surface area contributed by atoms with Gasteiger partial charge < -0.3 is 19.3 Å². The van der Waals surface area contributed by atoms with E-state index in [-0.39, 0.29) is 11.9 Å². The maximum absolute atomic E-state index is 11.7. The fraction of sp³-hybridized carbons (Fsp3) is 0.920. The van der Waals surface area contributed by atoms with Gasteiger partial charge in [-0.15, -0.1) is 0 Å². The van der Waals surface area contributed by atoms with E-state index in [0.29, 0.717) is 26.1 Å². The number of carbonyl (C=O) groups excluding carboxylic acids is 2. The molecule has 6 heteroatoms. The van der Waals surface area contributed by atoms with Crippen molar-refractivity contribution < 1.29 is 19.1 Å². The van der Waals surface area contributed by atoms with Crippen LogP contribution in [0, 0.1) is 11.8 Å². The van der Waals surface area contributed by atoms with Crippen LogP contribution in [-0.4, -0.2) is 74.2 Å². The Morgan fingerprint density at radius 3 is 1.45 bits per heavy atom. The van der Waals surface area contributed by atoms with Crippen LogP contribution in [0.1, 0.15) is 84.5 Å². The summed E-state index contributed by atoms with van der Waals surface area (Å²) in [5.74, 6) is 1.62. The van der Waals surface area contributed by atoms with Crippen LogP contribution in [0.2, 0.25) is 0 Å². The van der Waals surface area contributed by atoms with Crippen LogP contribution in [0.25, 0.3) is 0 Å². The van der Waals surface area contributed by atoms with Gasteiger partial charge in [0.05, 0.1) is 26.1 Å². The molecule has 0 amide bonds. The van der Waals surface area contributed by atoms with Crippen molar-refractivity contribution in [2.45, 2.75) is 84.5 Å². The van der Waals surface area contributed by atoms with E-state index < -0.39 is 0 Å². The van der Waals surface area contributed by atoms with Crippen molar-refractivity contribution in [2.75, 3.05) is 52.5 Å². The lowest BCUT2D eigenvalue weighted by molar-refractivity contribution is -0.145. The standard InChI is InChI=1S/C25H46N2O4/c1-3-20-30-24(28)12-18-26-14-8-22(9-15-26)6-5-7-23-10-16-27(17-11-23)19-13-25(29)31-21-4-2/h22-23H,3-21H2,1-2H3. The van der Waals surface area contributed by atoms with Crippen molar-refractivity contribution in [3.63, 3.8) is 0 Å². The van der Waals surface area contributed by atoms with E-state index in [1.54, 1.807) is 0 Å². The van der Waals surface area contributed by atoms with Gasteiger partial charge in [-0.25, -0.2) is 0 Å². The molecule has 0 aromatic heterocycles. The molecule has 0 aliphatic carbocycles. The average molecular weight is 439 g/mol. The van der Waals surface area contributed by atoms with E-state index in [0.717, 1.165) is 63.9 Å². The molecule has 31 heavy (non-hydrogen) atoms. The Balaban J connectivity index is 1.47.